The molecule has 2 unspecified atom stereocenters. The highest BCUT2D eigenvalue weighted by atomic mass is 35.5. The predicted molar refractivity (Wildman–Crippen MR) is 121 cm³/mol. The predicted octanol–water partition coefficient (Wildman–Crippen LogP) is 4.62. The molecule has 1 aromatic rings. The molecule has 3 heterocycles. The first-order valence-corrected chi connectivity index (χ1v) is 10.5. The molecule has 4 nitrogen and oxygen atoms in total. The largest absolute Gasteiger partial charge is 0.326 e. The van der Waals surface area contributed by atoms with Crippen molar-refractivity contribution in [2.24, 2.45) is 11.8 Å². The number of carbonyl (C=O) groups excluding carboxylic acids is 1. The Labute approximate surface area is 182 Å². The van der Waals surface area contributed by atoms with Gasteiger partial charge in [-0.1, -0.05) is 19.1 Å². The van der Waals surface area contributed by atoms with Crippen LogP contribution in [0, 0.1) is 11.8 Å². The molecule has 1 aromatic carbocycles. The van der Waals surface area contributed by atoms with Gasteiger partial charge in [0.15, 0.2) is 0 Å². The van der Waals surface area contributed by atoms with E-state index >= 15 is 0 Å². The van der Waals surface area contributed by atoms with Gasteiger partial charge >= 0.3 is 0 Å². The molecule has 2 N–H and O–H groups in total. The van der Waals surface area contributed by atoms with E-state index in [9.17, 15) is 4.79 Å². The SMILES string of the molecule is CC1CCN(Cc2ccc(NC(=O)CC3CC4CCC(C3)N4)cc2)CC1.Cl.Cl. The van der Waals surface area contributed by atoms with Gasteiger partial charge in [-0.25, -0.2) is 0 Å². The topological polar surface area (TPSA) is 44.4 Å². The lowest BCUT2D eigenvalue weighted by atomic mass is 9.89. The van der Waals surface area contributed by atoms with Gasteiger partial charge in [0.25, 0.3) is 0 Å². The van der Waals surface area contributed by atoms with Crippen LogP contribution in [0.2, 0.25) is 0 Å². The molecule has 0 aromatic heterocycles. The van der Waals surface area contributed by atoms with Crippen molar-refractivity contribution in [1.82, 2.24) is 10.2 Å². The second-order valence-corrected chi connectivity index (χ2v) is 8.88. The number of anilines is 1. The monoisotopic (exact) mass is 427 g/mol. The van der Waals surface area contributed by atoms with Gasteiger partial charge in [0, 0.05) is 30.7 Å². The normalized spacial score (nSPS) is 27.5. The summed E-state index contributed by atoms with van der Waals surface area (Å²) >= 11 is 0. The molecule has 158 valence electrons. The summed E-state index contributed by atoms with van der Waals surface area (Å²) in [5, 5.41) is 6.75. The molecule has 6 heteroatoms. The minimum absolute atomic E-state index is 0. The van der Waals surface area contributed by atoms with Crippen LogP contribution in [0.4, 0.5) is 5.69 Å². The fourth-order valence-electron chi connectivity index (χ4n) is 4.99. The summed E-state index contributed by atoms with van der Waals surface area (Å²) in [6.45, 7) is 5.79. The molecule has 3 fully saturated rings. The number of carbonyl (C=O) groups is 1. The van der Waals surface area contributed by atoms with Crippen LogP contribution in [-0.2, 0) is 11.3 Å². The number of nitrogens with one attached hydrogen (secondary N) is 2. The van der Waals surface area contributed by atoms with E-state index in [1.54, 1.807) is 0 Å². The summed E-state index contributed by atoms with van der Waals surface area (Å²) in [5.41, 5.74) is 2.27. The molecule has 3 saturated heterocycles. The average Bonchev–Trinajstić information content (AvgIpc) is 2.97. The van der Waals surface area contributed by atoms with Crippen molar-refractivity contribution in [3.05, 3.63) is 29.8 Å². The Kier molecular flexibility index (Phi) is 9.07. The third kappa shape index (κ3) is 6.35. The second kappa shape index (κ2) is 10.8. The minimum atomic E-state index is 0. The Balaban J connectivity index is 0.00000140. The van der Waals surface area contributed by atoms with Crippen LogP contribution >= 0.6 is 24.8 Å². The van der Waals surface area contributed by atoms with Crippen molar-refractivity contribution in [3.63, 3.8) is 0 Å². The van der Waals surface area contributed by atoms with E-state index in [4.69, 9.17) is 0 Å². The van der Waals surface area contributed by atoms with Gasteiger partial charge in [0.2, 0.25) is 5.91 Å². The smallest absolute Gasteiger partial charge is 0.224 e. The van der Waals surface area contributed by atoms with Crippen LogP contribution in [0.1, 0.15) is 57.4 Å². The lowest BCUT2D eigenvalue weighted by Gasteiger charge is -2.30. The van der Waals surface area contributed by atoms with Crippen LogP contribution in [-0.4, -0.2) is 36.0 Å². The maximum atomic E-state index is 12.4. The fraction of sp³-hybridized carbons (Fsp3) is 0.682. The number of piperidine rings is 2. The lowest BCUT2D eigenvalue weighted by Crippen LogP contribution is -2.39. The molecule has 0 spiro atoms. The first-order valence-electron chi connectivity index (χ1n) is 10.5. The van der Waals surface area contributed by atoms with Crippen molar-refractivity contribution in [3.8, 4) is 0 Å². The van der Waals surface area contributed by atoms with Crippen LogP contribution < -0.4 is 10.6 Å². The van der Waals surface area contributed by atoms with Crippen molar-refractivity contribution in [2.75, 3.05) is 18.4 Å². The summed E-state index contributed by atoms with van der Waals surface area (Å²) in [5.74, 6) is 1.60. The molecule has 3 aliphatic heterocycles. The summed E-state index contributed by atoms with van der Waals surface area (Å²) in [7, 11) is 0. The standard InChI is InChI=1S/C22H33N3O.2ClH/c1-16-8-10-25(11-9-16)15-17-2-4-19(5-3-17)24-22(26)14-18-12-20-6-7-21(13-18)23-20;;/h2-5,16,18,20-21,23H,6-15H2,1H3,(H,24,26);2*1H. The Bertz CT molecular complexity index is 605. The number of rotatable bonds is 5. The number of benzene rings is 1. The zero-order valence-corrected chi connectivity index (χ0v) is 18.5. The molecule has 28 heavy (non-hydrogen) atoms. The average molecular weight is 428 g/mol. The summed E-state index contributed by atoms with van der Waals surface area (Å²) < 4.78 is 0. The molecule has 4 rings (SSSR count). The number of hydrogen-bond acceptors (Lipinski definition) is 3. The molecular weight excluding hydrogens is 393 g/mol. The molecule has 3 aliphatic rings. The molecule has 0 aliphatic carbocycles. The van der Waals surface area contributed by atoms with Crippen molar-refractivity contribution >= 4 is 36.4 Å². The second-order valence-electron chi connectivity index (χ2n) is 8.88. The van der Waals surface area contributed by atoms with Gasteiger partial charge in [-0.05, 0) is 81.1 Å². The number of hydrogen-bond donors (Lipinski definition) is 2. The first kappa shape index (κ1) is 23.5. The van der Waals surface area contributed by atoms with E-state index in [1.165, 1.54) is 44.3 Å². The number of nitrogens with zero attached hydrogens (tertiary/aromatic N) is 1. The molecule has 2 atom stereocenters. The fourth-order valence-corrected chi connectivity index (χ4v) is 4.99. The Hall–Kier alpha value is -0.810. The quantitative estimate of drug-likeness (QED) is 0.719. The molecule has 0 saturated carbocycles. The summed E-state index contributed by atoms with van der Waals surface area (Å²) in [6, 6.07) is 9.77. The maximum Gasteiger partial charge on any atom is 0.224 e. The van der Waals surface area contributed by atoms with Crippen molar-refractivity contribution in [2.45, 2.75) is 70.5 Å². The van der Waals surface area contributed by atoms with Crippen molar-refractivity contribution < 1.29 is 4.79 Å². The third-order valence-electron chi connectivity index (χ3n) is 6.56. The zero-order chi connectivity index (χ0) is 17.9. The van der Waals surface area contributed by atoms with Gasteiger partial charge in [-0.15, -0.1) is 24.8 Å². The minimum Gasteiger partial charge on any atom is -0.326 e. The zero-order valence-electron chi connectivity index (χ0n) is 16.9. The van der Waals surface area contributed by atoms with Gasteiger partial charge in [0.05, 0.1) is 0 Å². The molecule has 1 amide bonds. The number of halogens is 2. The molecule has 2 bridgehead atoms. The summed E-state index contributed by atoms with van der Waals surface area (Å²) in [6.07, 6.45) is 8.20. The highest BCUT2D eigenvalue weighted by Crippen LogP contribution is 2.32. The van der Waals surface area contributed by atoms with Crippen LogP contribution in [0.5, 0.6) is 0 Å². The Morgan fingerprint density at radius 2 is 1.64 bits per heavy atom. The van der Waals surface area contributed by atoms with E-state index < -0.39 is 0 Å². The van der Waals surface area contributed by atoms with E-state index in [-0.39, 0.29) is 30.7 Å². The number of fused-ring (bicyclic) bond motifs is 2. The van der Waals surface area contributed by atoms with Gasteiger partial charge < -0.3 is 10.6 Å². The van der Waals surface area contributed by atoms with Crippen LogP contribution in [0.15, 0.2) is 24.3 Å². The Morgan fingerprint density at radius 1 is 1.04 bits per heavy atom. The van der Waals surface area contributed by atoms with Gasteiger partial charge in [-0.3, -0.25) is 9.69 Å². The Morgan fingerprint density at radius 3 is 2.25 bits per heavy atom. The maximum absolute atomic E-state index is 12.4. The number of amides is 1. The lowest BCUT2D eigenvalue weighted by molar-refractivity contribution is -0.117. The van der Waals surface area contributed by atoms with Gasteiger partial charge in [0.1, 0.15) is 0 Å². The highest BCUT2D eigenvalue weighted by molar-refractivity contribution is 5.90. The van der Waals surface area contributed by atoms with Crippen molar-refractivity contribution in [1.29, 1.82) is 0 Å². The van der Waals surface area contributed by atoms with E-state index in [1.807, 2.05) is 0 Å². The van der Waals surface area contributed by atoms with Gasteiger partial charge in [-0.2, -0.15) is 0 Å². The number of likely N-dealkylation sites (tertiary alicyclic amines) is 1. The molecular formula is C22H35Cl2N3O. The summed E-state index contributed by atoms with van der Waals surface area (Å²) in [4.78, 5) is 14.9. The highest BCUT2D eigenvalue weighted by Gasteiger charge is 2.34. The van der Waals surface area contributed by atoms with Crippen LogP contribution in [0.25, 0.3) is 0 Å². The molecule has 0 radical (unpaired) electrons. The first-order chi connectivity index (χ1) is 12.6. The van der Waals surface area contributed by atoms with E-state index in [0.717, 1.165) is 31.0 Å². The third-order valence-corrected chi connectivity index (χ3v) is 6.56. The van der Waals surface area contributed by atoms with E-state index in [2.05, 4.69) is 46.7 Å². The van der Waals surface area contributed by atoms with Crippen LogP contribution in [0.3, 0.4) is 0 Å². The van der Waals surface area contributed by atoms with E-state index in [0.29, 0.717) is 24.4 Å².